The van der Waals surface area contributed by atoms with E-state index in [2.05, 4.69) is 4.74 Å². The Balaban J connectivity index is 2.67. The van der Waals surface area contributed by atoms with Crippen LogP contribution in [-0.4, -0.2) is 21.5 Å². The summed E-state index contributed by atoms with van der Waals surface area (Å²) >= 11 is 0. The number of hydrogen-bond donors (Lipinski definition) is 0. The number of carbonyl (C=O) groups is 1. The third kappa shape index (κ3) is 3.00. The van der Waals surface area contributed by atoms with Crippen LogP contribution in [-0.2, 0) is 13.8 Å². The van der Waals surface area contributed by atoms with Crippen LogP contribution in [0.15, 0.2) is 53.4 Å². The van der Waals surface area contributed by atoms with Gasteiger partial charge in [-0.05, 0) is 23.3 Å². The summed E-state index contributed by atoms with van der Waals surface area (Å²) in [5, 5.41) is 0. The maximum absolute atomic E-state index is 11.8. The Bertz CT molecular complexity index is 739. The van der Waals surface area contributed by atoms with Crippen molar-refractivity contribution in [2.75, 3.05) is 7.11 Å². The van der Waals surface area contributed by atoms with Gasteiger partial charge in [0.25, 0.3) is 9.05 Å². The van der Waals surface area contributed by atoms with E-state index in [9.17, 15) is 13.2 Å². The molecule has 0 aliphatic rings. The number of methoxy groups -OCH3 is 1. The minimum absolute atomic E-state index is 0.140. The topological polar surface area (TPSA) is 60.4 Å². The average molecular weight is 311 g/mol. The zero-order valence-corrected chi connectivity index (χ0v) is 12.1. The number of halogens is 1. The van der Waals surface area contributed by atoms with E-state index in [0.29, 0.717) is 5.56 Å². The molecular weight excluding hydrogens is 300 g/mol. The second kappa shape index (κ2) is 5.64. The first-order valence-electron chi connectivity index (χ1n) is 5.66. The van der Waals surface area contributed by atoms with Gasteiger partial charge >= 0.3 is 5.97 Å². The average Bonchev–Trinajstić information content (AvgIpc) is 2.45. The van der Waals surface area contributed by atoms with Crippen LogP contribution in [0.1, 0.15) is 10.4 Å². The van der Waals surface area contributed by atoms with E-state index in [0.717, 1.165) is 5.56 Å². The molecule has 0 heterocycles. The summed E-state index contributed by atoms with van der Waals surface area (Å²) in [6, 6.07) is 13.2. The van der Waals surface area contributed by atoms with Crippen molar-refractivity contribution in [2.45, 2.75) is 4.90 Å². The maximum Gasteiger partial charge on any atom is 0.338 e. The largest absolute Gasteiger partial charge is 0.465 e. The van der Waals surface area contributed by atoms with E-state index < -0.39 is 15.0 Å². The molecule has 0 bridgehead atoms. The van der Waals surface area contributed by atoms with E-state index in [1.54, 1.807) is 0 Å². The van der Waals surface area contributed by atoms with Crippen molar-refractivity contribution in [3.8, 4) is 11.1 Å². The summed E-state index contributed by atoms with van der Waals surface area (Å²) in [5.74, 6) is -0.619. The quantitative estimate of drug-likeness (QED) is 0.645. The molecule has 2 aromatic rings. The Morgan fingerprint density at radius 1 is 1.10 bits per heavy atom. The molecular formula is C14H11ClO4S. The van der Waals surface area contributed by atoms with Gasteiger partial charge in [0.2, 0.25) is 0 Å². The highest BCUT2D eigenvalue weighted by Crippen LogP contribution is 2.28. The van der Waals surface area contributed by atoms with Crippen LogP contribution in [0.25, 0.3) is 11.1 Å². The number of rotatable bonds is 3. The molecule has 0 saturated heterocycles. The van der Waals surface area contributed by atoms with Crippen LogP contribution in [0.2, 0.25) is 0 Å². The van der Waals surface area contributed by atoms with Crippen LogP contribution in [0.4, 0.5) is 0 Å². The third-order valence-corrected chi connectivity index (χ3v) is 4.11. The summed E-state index contributed by atoms with van der Waals surface area (Å²) < 4.78 is 27.4. The van der Waals surface area contributed by atoms with Gasteiger partial charge in [0, 0.05) is 10.7 Å². The van der Waals surface area contributed by atoms with Gasteiger partial charge in [-0.25, -0.2) is 13.2 Å². The number of benzene rings is 2. The molecule has 0 aliphatic carbocycles. The van der Waals surface area contributed by atoms with Crippen molar-refractivity contribution in [1.29, 1.82) is 0 Å². The lowest BCUT2D eigenvalue weighted by Crippen LogP contribution is -2.05. The number of ether oxygens (including phenoxy) is 1. The second-order valence-corrected chi connectivity index (χ2v) is 6.57. The van der Waals surface area contributed by atoms with Crippen LogP contribution < -0.4 is 0 Å². The molecule has 0 N–H and O–H groups in total. The molecule has 0 aromatic heterocycles. The standard InChI is InChI=1S/C14H11ClO4S/c1-19-14(16)13-9-11(20(15,17)18)7-8-12(13)10-5-3-2-4-6-10/h2-9H,1H3. The van der Waals surface area contributed by atoms with Crippen molar-refractivity contribution >= 4 is 25.7 Å². The van der Waals surface area contributed by atoms with Crippen LogP contribution in [0, 0.1) is 0 Å². The molecule has 2 rings (SSSR count). The molecule has 20 heavy (non-hydrogen) atoms. The second-order valence-electron chi connectivity index (χ2n) is 4.00. The van der Waals surface area contributed by atoms with E-state index in [1.165, 1.54) is 25.3 Å². The summed E-state index contributed by atoms with van der Waals surface area (Å²) in [4.78, 5) is 11.7. The van der Waals surface area contributed by atoms with Gasteiger partial charge in [-0.3, -0.25) is 0 Å². The van der Waals surface area contributed by atoms with Crippen LogP contribution in [0.3, 0.4) is 0 Å². The van der Waals surface area contributed by atoms with Gasteiger partial charge in [0.05, 0.1) is 17.6 Å². The summed E-state index contributed by atoms with van der Waals surface area (Å²) in [5.41, 5.74) is 1.52. The highest BCUT2D eigenvalue weighted by molar-refractivity contribution is 8.13. The lowest BCUT2D eigenvalue weighted by Gasteiger charge is -2.09. The van der Waals surface area contributed by atoms with E-state index >= 15 is 0 Å². The van der Waals surface area contributed by atoms with Crippen LogP contribution in [0.5, 0.6) is 0 Å². The zero-order chi connectivity index (χ0) is 14.8. The van der Waals surface area contributed by atoms with Gasteiger partial charge in [-0.2, -0.15) is 0 Å². The molecule has 6 heteroatoms. The van der Waals surface area contributed by atoms with E-state index in [-0.39, 0.29) is 10.5 Å². The van der Waals surface area contributed by atoms with Gasteiger partial charge in [-0.1, -0.05) is 36.4 Å². The van der Waals surface area contributed by atoms with Crippen LogP contribution >= 0.6 is 10.7 Å². The molecule has 0 atom stereocenters. The van der Waals surface area contributed by atoms with Crippen molar-refractivity contribution in [1.82, 2.24) is 0 Å². The molecule has 0 spiro atoms. The first kappa shape index (κ1) is 14.6. The molecule has 104 valence electrons. The number of carbonyl (C=O) groups excluding carboxylic acids is 1. The SMILES string of the molecule is COC(=O)c1cc(S(=O)(=O)Cl)ccc1-c1ccccc1. The fourth-order valence-electron chi connectivity index (χ4n) is 1.82. The Morgan fingerprint density at radius 2 is 1.75 bits per heavy atom. The minimum atomic E-state index is -3.90. The number of hydrogen-bond acceptors (Lipinski definition) is 4. The normalized spacial score (nSPS) is 11.1. The fraction of sp³-hybridized carbons (Fsp3) is 0.0714. The lowest BCUT2D eigenvalue weighted by atomic mass is 10.00. The lowest BCUT2D eigenvalue weighted by molar-refractivity contribution is 0.0601. The number of esters is 1. The maximum atomic E-state index is 11.8. The smallest absolute Gasteiger partial charge is 0.338 e. The fourth-order valence-corrected chi connectivity index (χ4v) is 2.60. The van der Waals surface area contributed by atoms with Crippen molar-refractivity contribution in [3.05, 3.63) is 54.1 Å². The highest BCUT2D eigenvalue weighted by Gasteiger charge is 2.18. The van der Waals surface area contributed by atoms with E-state index in [4.69, 9.17) is 10.7 Å². The van der Waals surface area contributed by atoms with Gasteiger partial charge in [0.15, 0.2) is 0 Å². The monoisotopic (exact) mass is 310 g/mol. The Kier molecular flexibility index (Phi) is 4.11. The predicted molar refractivity (Wildman–Crippen MR) is 76.3 cm³/mol. The first-order chi connectivity index (χ1) is 9.43. The third-order valence-electron chi connectivity index (χ3n) is 2.76. The van der Waals surface area contributed by atoms with Gasteiger partial charge in [-0.15, -0.1) is 0 Å². The summed E-state index contributed by atoms with van der Waals surface area (Å²) in [6.45, 7) is 0. The highest BCUT2D eigenvalue weighted by atomic mass is 35.7. The summed E-state index contributed by atoms with van der Waals surface area (Å²) in [7, 11) is 2.63. The Morgan fingerprint density at radius 3 is 2.30 bits per heavy atom. The van der Waals surface area contributed by atoms with Crippen molar-refractivity contribution in [2.24, 2.45) is 0 Å². The van der Waals surface area contributed by atoms with Crippen molar-refractivity contribution < 1.29 is 17.9 Å². The summed E-state index contributed by atoms with van der Waals surface area (Å²) in [6.07, 6.45) is 0. The predicted octanol–water partition coefficient (Wildman–Crippen LogP) is 3.07. The minimum Gasteiger partial charge on any atom is -0.465 e. The first-order valence-corrected chi connectivity index (χ1v) is 7.97. The molecule has 0 fully saturated rings. The Labute approximate surface area is 121 Å². The van der Waals surface area contributed by atoms with Gasteiger partial charge in [0.1, 0.15) is 0 Å². The Hall–Kier alpha value is -1.85. The van der Waals surface area contributed by atoms with E-state index in [1.807, 2.05) is 30.3 Å². The zero-order valence-electron chi connectivity index (χ0n) is 10.5. The van der Waals surface area contributed by atoms with Gasteiger partial charge < -0.3 is 4.74 Å². The molecule has 0 aliphatic heterocycles. The van der Waals surface area contributed by atoms with Crippen molar-refractivity contribution in [3.63, 3.8) is 0 Å². The molecule has 4 nitrogen and oxygen atoms in total. The molecule has 0 saturated carbocycles. The molecule has 0 amide bonds. The molecule has 2 aromatic carbocycles. The molecule has 0 unspecified atom stereocenters. The molecule has 0 radical (unpaired) electrons.